The molecule has 2 unspecified atom stereocenters. The van der Waals surface area contributed by atoms with Crippen molar-refractivity contribution in [3.63, 3.8) is 0 Å². The third-order valence-corrected chi connectivity index (χ3v) is 6.42. The lowest BCUT2D eigenvalue weighted by atomic mass is 10.0. The first-order valence-electron chi connectivity index (χ1n) is 11.6. The standard InChI is InChI=1S/C26H33N5O2/c1-19(30-12-14-31(15-13-30)22-8-4-3-5-9-22)17-28-26(33)25(29-20(2)32)16-21-18-27-24-11-7-6-10-23(21)24/h3-11,18-19,25,27H,12-17H2,1-2H3,(H,28,33)(H,29,32). The van der Waals surface area contributed by atoms with Gasteiger partial charge in [0.25, 0.3) is 0 Å². The molecule has 2 aromatic carbocycles. The number of hydrogen-bond acceptors (Lipinski definition) is 4. The van der Waals surface area contributed by atoms with E-state index in [1.165, 1.54) is 12.6 Å². The maximum absolute atomic E-state index is 13.0. The van der Waals surface area contributed by atoms with Crippen LogP contribution in [0.5, 0.6) is 0 Å². The zero-order chi connectivity index (χ0) is 23.2. The van der Waals surface area contributed by atoms with Gasteiger partial charge in [0.2, 0.25) is 11.8 Å². The van der Waals surface area contributed by atoms with Crippen molar-refractivity contribution in [2.45, 2.75) is 32.4 Å². The summed E-state index contributed by atoms with van der Waals surface area (Å²) >= 11 is 0. The molecular formula is C26H33N5O2. The quantitative estimate of drug-likeness (QED) is 0.496. The van der Waals surface area contributed by atoms with E-state index in [4.69, 9.17) is 0 Å². The molecule has 7 nitrogen and oxygen atoms in total. The van der Waals surface area contributed by atoms with E-state index in [1.54, 1.807) is 0 Å². The van der Waals surface area contributed by atoms with Crippen molar-refractivity contribution in [3.8, 4) is 0 Å². The van der Waals surface area contributed by atoms with Gasteiger partial charge in [-0.25, -0.2) is 0 Å². The second kappa shape index (κ2) is 10.5. The predicted octanol–water partition coefficient (Wildman–Crippen LogP) is 2.54. The number of nitrogens with zero attached hydrogens (tertiary/aromatic N) is 2. The summed E-state index contributed by atoms with van der Waals surface area (Å²) in [7, 11) is 0. The van der Waals surface area contributed by atoms with Gasteiger partial charge in [-0.1, -0.05) is 36.4 Å². The Morgan fingerprint density at radius 2 is 1.70 bits per heavy atom. The van der Waals surface area contributed by atoms with Crippen molar-refractivity contribution < 1.29 is 9.59 Å². The molecule has 0 bridgehead atoms. The fourth-order valence-corrected chi connectivity index (χ4v) is 4.54. The third kappa shape index (κ3) is 5.73. The van der Waals surface area contributed by atoms with Gasteiger partial charge < -0.3 is 20.5 Å². The van der Waals surface area contributed by atoms with Crippen LogP contribution in [0.4, 0.5) is 5.69 Å². The number of benzene rings is 2. The number of fused-ring (bicyclic) bond motifs is 1. The van der Waals surface area contributed by atoms with Gasteiger partial charge in [-0.15, -0.1) is 0 Å². The van der Waals surface area contributed by atoms with Gasteiger partial charge in [-0.05, 0) is 30.7 Å². The van der Waals surface area contributed by atoms with Crippen molar-refractivity contribution in [1.29, 1.82) is 0 Å². The van der Waals surface area contributed by atoms with E-state index >= 15 is 0 Å². The fourth-order valence-electron chi connectivity index (χ4n) is 4.54. The molecule has 1 fully saturated rings. The summed E-state index contributed by atoms with van der Waals surface area (Å²) in [6.45, 7) is 7.99. The Morgan fingerprint density at radius 3 is 2.42 bits per heavy atom. The summed E-state index contributed by atoms with van der Waals surface area (Å²) in [5.74, 6) is -0.356. The number of H-pyrrole nitrogens is 1. The highest BCUT2D eigenvalue weighted by atomic mass is 16.2. The van der Waals surface area contributed by atoms with Crippen LogP contribution in [-0.4, -0.2) is 66.5 Å². The van der Waals surface area contributed by atoms with E-state index in [-0.39, 0.29) is 17.9 Å². The Balaban J connectivity index is 1.31. The molecule has 0 spiro atoms. The highest BCUT2D eigenvalue weighted by Gasteiger charge is 2.24. The number of piperazine rings is 1. The molecule has 7 heteroatoms. The molecule has 3 aromatic rings. The summed E-state index contributed by atoms with van der Waals surface area (Å²) < 4.78 is 0. The topological polar surface area (TPSA) is 80.5 Å². The molecular weight excluding hydrogens is 414 g/mol. The molecule has 1 aliphatic rings. The van der Waals surface area contributed by atoms with Crippen LogP contribution < -0.4 is 15.5 Å². The number of rotatable bonds is 8. The lowest BCUT2D eigenvalue weighted by molar-refractivity contribution is -0.128. The van der Waals surface area contributed by atoms with Crippen molar-refractivity contribution in [2.75, 3.05) is 37.6 Å². The SMILES string of the molecule is CC(=O)NC(Cc1c[nH]c2ccccc12)C(=O)NCC(C)N1CCN(c2ccccc2)CC1. The Morgan fingerprint density at radius 1 is 1.00 bits per heavy atom. The molecule has 4 rings (SSSR count). The van der Waals surface area contributed by atoms with Crippen LogP contribution in [0.1, 0.15) is 19.4 Å². The van der Waals surface area contributed by atoms with Crippen LogP contribution in [-0.2, 0) is 16.0 Å². The van der Waals surface area contributed by atoms with E-state index in [9.17, 15) is 9.59 Å². The summed E-state index contributed by atoms with van der Waals surface area (Å²) in [4.78, 5) is 32.8. The molecule has 1 aromatic heterocycles. The van der Waals surface area contributed by atoms with Gasteiger partial charge in [0, 0.05) is 74.9 Å². The van der Waals surface area contributed by atoms with E-state index in [0.29, 0.717) is 13.0 Å². The Hall–Kier alpha value is -3.32. The summed E-state index contributed by atoms with van der Waals surface area (Å²) in [6, 6.07) is 18.1. The molecule has 2 atom stereocenters. The second-order valence-corrected chi connectivity index (χ2v) is 8.77. The average Bonchev–Trinajstić information content (AvgIpc) is 3.25. The smallest absolute Gasteiger partial charge is 0.242 e. The number of hydrogen-bond donors (Lipinski definition) is 3. The molecule has 1 aliphatic heterocycles. The van der Waals surface area contributed by atoms with E-state index in [2.05, 4.69) is 56.6 Å². The van der Waals surface area contributed by atoms with Crippen molar-refractivity contribution in [1.82, 2.24) is 20.5 Å². The lowest BCUT2D eigenvalue weighted by Gasteiger charge is -2.39. The highest BCUT2D eigenvalue weighted by Crippen LogP contribution is 2.19. The molecule has 0 aliphatic carbocycles. The number of anilines is 1. The van der Waals surface area contributed by atoms with Gasteiger partial charge in [0.15, 0.2) is 0 Å². The van der Waals surface area contributed by atoms with Gasteiger partial charge in [0.1, 0.15) is 6.04 Å². The first-order valence-corrected chi connectivity index (χ1v) is 11.6. The molecule has 3 N–H and O–H groups in total. The number of aromatic nitrogens is 1. The van der Waals surface area contributed by atoms with Crippen LogP contribution in [0.2, 0.25) is 0 Å². The fraction of sp³-hybridized carbons (Fsp3) is 0.385. The molecule has 174 valence electrons. The van der Waals surface area contributed by atoms with Gasteiger partial charge in [-0.2, -0.15) is 0 Å². The van der Waals surface area contributed by atoms with Crippen molar-refractivity contribution >= 4 is 28.4 Å². The molecule has 0 saturated carbocycles. The number of carbonyl (C=O) groups excluding carboxylic acids is 2. The number of nitrogens with one attached hydrogen (secondary N) is 3. The first kappa shape index (κ1) is 22.9. The molecule has 0 radical (unpaired) electrons. The monoisotopic (exact) mass is 447 g/mol. The summed E-state index contributed by atoms with van der Waals surface area (Å²) in [5, 5.41) is 6.97. The minimum atomic E-state index is -0.608. The molecule has 33 heavy (non-hydrogen) atoms. The number of aromatic amines is 1. The number of amides is 2. The van der Waals surface area contributed by atoms with Gasteiger partial charge in [0.05, 0.1) is 0 Å². The van der Waals surface area contributed by atoms with Crippen LogP contribution in [0.15, 0.2) is 60.8 Å². The minimum absolute atomic E-state index is 0.148. The summed E-state index contributed by atoms with van der Waals surface area (Å²) in [6.07, 6.45) is 2.36. The number of para-hydroxylation sites is 2. The minimum Gasteiger partial charge on any atom is -0.369 e. The molecule has 2 heterocycles. The highest BCUT2D eigenvalue weighted by molar-refractivity contribution is 5.89. The zero-order valence-electron chi connectivity index (χ0n) is 19.4. The average molecular weight is 448 g/mol. The maximum atomic E-state index is 13.0. The Labute approximate surface area is 195 Å². The van der Waals surface area contributed by atoms with Gasteiger partial charge >= 0.3 is 0 Å². The zero-order valence-corrected chi connectivity index (χ0v) is 19.4. The van der Waals surface area contributed by atoms with Crippen molar-refractivity contribution in [3.05, 3.63) is 66.4 Å². The Kier molecular flexibility index (Phi) is 7.29. The predicted molar refractivity (Wildman–Crippen MR) is 132 cm³/mol. The third-order valence-electron chi connectivity index (χ3n) is 6.42. The van der Waals surface area contributed by atoms with Crippen LogP contribution >= 0.6 is 0 Å². The van der Waals surface area contributed by atoms with E-state index in [0.717, 1.165) is 42.6 Å². The second-order valence-electron chi connectivity index (χ2n) is 8.77. The van der Waals surface area contributed by atoms with Crippen LogP contribution in [0, 0.1) is 0 Å². The van der Waals surface area contributed by atoms with Gasteiger partial charge in [-0.3, -0.25) is 14.5 Å². The largest absolute Gasteiger partial charge is 0.369 e. The lowest BCUT2D eigenvalue weighted by Crippen LogP contribution is -2.54. The number of carbonyl (C=O) groups is 2. The van der Waals surface area contributed by atoms with E-state index in [1.807, 2.05) is 36.5 Å². The summed E-state index contributed by atoms with van der Waals surface area (Å²) in [5.41, 5.74) is 3.30. The Bertz CT molecular complexity index is 1070. The van der Waals surface area contributed by atoms with Crippen LogP contribution in [0.3, 0.4) is 0 Å². The normalized spacial score (nSPS) is 16.4. The molecule has 2 amide bonds. The van der Waals surface area contributed by atoms with Crippen LogP contribution in [0.25, 0.3) is 10.9 Å². The first-order chi connectivity index (χ1) is 16.0. The van der Waals surface area contributed by atoms with E-state index < -0.39 is 6.04 Å². The molecule has 1 saturated heterocycles. The van der Waals surface area contributed by atoms with Crippen molar-refractivity contribution in [2.24, 2.45) is 0 Å². The maximum Gasteiger partial charge on any atom is 0.242 e.